The van der Waals surface area contributed by atoms with Crippen molar-refractivity contribution in [3.8, 4) is 0 Å². The fraction of sp³-hybridized carbons (Fsp3) is 1.00. The zero-order chi connectivity index (χ0) is 10.6. The van der Waals surface area contributed by atoms with Crippen LogP contribution >= 0.6 is 0 Å². The van der Waals surface area contributed by atoms with E-state index in [4.69, 9.17) is 0 Å². The Balaban J connectivity index is 2.20. The van der Waals surface area contributed by atoms with Crippen LogP contribution in [0.1, 0.15) is 13.3 Å². The second-order valence-electron chi connectivity index (χ2n) is 4.78. The van der Waals surface area contributed by atoms with Gasteiger partial charge in [0.15, 0.2) is 0 Å². The molecule has 1 unspecified atom stereocenters. The number of hydrogen-bond donors (Lipinski definition) is 0. The van der Waals surface area contributed by atoms with E-state index in [1.54, 1.807) is 0 Å². The number of rotatable bonds is 4. The third-order valence-electron chi connectivity index (χ3n) is 3.16. The van der Waals surface area contributed by atoms with Crippen LogP contribution in [0, 0.1) is 0 Å². The van der Waals surface area contributed by atoms with Crippen molar-refractivity contribution >= 4 is 0 Å². The number of hydrogen-bond acceptors (Lipinski definition) is 3. The summed E-state index contributed by atoms with van der Waals surface area (Å²) >= 11 is 0. The maximum atomic E-state index is 2.61. The van der Waals surface area contributed by atoms with Crippen LogP contribution < -0.4 is 0 Å². The van der Waals surface area contributed by atoms with Crippen molar-refractivity contribution in [1.82, 2.24) is 14.7 Å². The first-order valence-corrected chi connectivity index (χ1v) is 5.67. The monoisotopic (exact) mass is 199 g/mol. The van der Waals surface area contributed by atoms with E-state index in [9.17, 15) is 0 Å². The van der Waals surface area contributed by atoms with Gasteiger partial charge < -0.3 is 9.80 Å². The van der Waals surface area contributed by atoms with E-state index in [-0.39, 0.29) is 0 Å². The van der Waals surface area contributed by atoms with Gasteiger partial charge in [0.05, 0.1) is 0 Å². The molecule has 0 bridgehead atoms. The highest BCUT2D eigenvalue weighted by Gasteiger charge is 2.18. The molecule has 14 heavy (non-hydrogen) atoms. The van der Waals surface area contributed by atoms with Crippen LogP contribution in [0.4, 0.5) is 0 Å². The van der Waals surface area contributed by atoms with Crippen LogP contribution in [0.3, 0.4) is 0 Å². The lowest BCUT2D eigenvalue weighted by Gasteiger charge is -2.36. The third kappa shape index (κ3) is 3.95. The summed E-state index contributed by atoms with van der Waals surface area (Å²) in [6.45, 7) is 8.50. The Morgan fingerprint density at radius 2 is 1.71 bits per heavy atom. The molecule has 0 amide bonds. The quantitative estimate of drug-likeness (QED) is 0.655. The summed E-state index contributed by atoms with van der Waals surface area (Å²) in [5.74, 6) is 0. The molecule has 1 aliphatic rings. The van der Waals surface area contributed by atoms with Crippen LogP contribution in [0.2, 0.25) is 0 Å². The zero-order valence-electron chi connectivity index (χ0n) is 10.2. The van der Waals surface area contributed by atoms with Crippen molar-refractivity contribution in [1.29, 1.82) is 0 Å². The first kappa shape index (κ1) is 12.0. The Kier molecular flexibility index (Phi) is 4.85. The lowest BCUT2D eigenvalue weighted by atomic mass is 10.1. The standard InChI is InChI=1S/C11H25N3/c1-11(5-6-12(2)3)14-9-7-13(4)8-10-14/h11H,5-10H2,1-4H3. The third-order valence-corrected chi connectivity index (χ3v) is 3.16. The van der Waals surface area contributed by atoms with E-state index in [2.05, 4.69) is 42.8 Å². The molecule has 1 rings (SSSR count). The maximum Gasteiger partial charge on any atom is 0.0113 e. The van der Waals surface area contributed by atoms with E-state index < -0.39 is 0 Å². The van der Waals surface area contributed by atoms with Crippen molar-refractivity contribution in [2.45, 2.75) is 19.4 Å². The van der Waals surface area contributed by atoms with Gasteiger partial charge in [0, 0.05) is 32.2 Å². The van der Waals surface area contributed by atoms with Gasteiger partial charge in [-0.1, -0.05) is 0 Å². The molecule has 3 nitrogen and oxygen atoms in total. The lowest BCUT2D eigenvalue weighted by Crippen LogP contribution is -2.48. The molecule has 0 saturated carbocycles. The molecule has 0 radical (unpaired) electrons. The van der Waals surface area contributed by atoms with Gasteiger partial charge in [-0.2, -0.15) is 0 Å². The summed E-state index contributed by atoms with van der Waals surface area (Å²) < 4.78 is 0. The Labute approximate surface area is 88.7 Å². The Morgan fingerprint density at radius 1 is 1.14 bits per heavy atom. The van der Waals surface area contributed by atoms with Gasteiger partial charge in [-0.05, 0) is 41.0 Å². The van der Waals surface area contributed by atoms with E-state index in [1.807, 2.05) is 0 Å². The average Bonchev–Trinajstić information content (AvgIpc) is 2.15. The molecule has 0 aromatic rings. The van der Waals surface area contributed by atoms with Crippen LogP contribution in [0.25, 0.3) is 0 Å². The molecule has 1 atom stereocenters. The first-order valence-electron chi connectivity index (χ1n) is 5.67. The van der Waals surface area contributed by atoms with Crippen molar-refractivity contribution in [2.75, 3.05) is 53.9 Å². The molecule has 1 heterocycles. The minimum Gasteiger partial charge on any atom is -0.309 e. The minimum absolute atomic E-state index is 0.742. The maximum absolute atomic E-state index is 2.61. The molecule has 1 saturated heterocycles. The van der Waals surface area contributed by atoms with Crippen LogP contribution in [-0.2, 0) is 0 Å². The summed E-state index contributed by atoms with van der Waals surface area (Å²) in [5.41, 5.74) is 0. The number of likely N-dealkylation sites (N-methyl/N-ethyl adjacent to an activating group) is 1. The molecule has 1 fully saturated rings. The molecule has 0 N–H and O–H groups in total. The summed E-state index contributed by atoms with van der Waals surface area (Å²) in [5, 5.41) is 0. The highest BCUT2D eigenvalue weighted by molar-refractivity contribution is 4.74. The Morgan fingerprint density at radius 3 is 2.21 bits per heavy atom. The number of nitrogens with zero attached hydrogens (tertiary/aromatic N) is 3. The van der Waals surface area contributed by atoms with E-state index in [0.29, 0.717) is 0 Å². The van der Waals surface area contributed by atoms with Crippen molar-refractivity contribution in [3.05, 3.63) is 0 Å². The fourth-order valence-corrected chi connectivity index (χ4v) is 1.89. The van der Waals surface area contributed by atoms with Gasteiger partial charge in [0.25, 0.3) is 0 Å². The summed E-state index contributed by atoms with van der Waals surface area (Å²) in [4.78, 5) is 7.30. The van der Waals surface area contributed by atoms with Gasteiger partial charge >= 0.3 is 0 Å². The van der Waals surface area contributed by atoms with Gasteiger partial charge in [0.1, 0.15) is 0 Å². The normalized spacial score (nSPS) is 22.9. The zero-order valence-corrected chi connectivity index (χ0v) is 10.2. The highest BCUT2D eigenvalue weighted by Crippen LogP contribution is 2.07. The van der Waals surface area contributed by atoms with Gasteiger partial charge in [-0.15, -0.1) is 0 Å². The molecular weight excluding hydrogens is 174 g/mol. The van der Waals surface area contributed by atoms with Crippen LogP contribution in [0.15, 0.2) is 0 Å². The average molecular weight is 199 g/mol. The molecule has 1 aliphatic heterocycles. The Bertz CT molecular complexity index is 151. The molecule has 0 aliphatic carbocycles. The molecule has 0 aromatic carbocycles. The van der Waals surface area contributed by atoms with E-state index in [0.717, 1.165) is 6.04 Å². The summed E-state index contributed by atoms with van der Waals surface area (Å²) in [6, 6.07) is 0.742. The first-order chi connectivity index (χ1) is 6.59. The van der Waals surface area contributed by atoms with Crippen molar-refractivity contribution in [3.63, 3.8) is 0 Å². The second-order valence-corrected chi connectivity index (χ2v) is 4.78. The minimum atomic E-state index is 0.742. The largest absolute Gasteiger partial charge is 0.309 e. The molecular formula is C11H25N3. The summed E-state index contributed by atoms with van der Waals surface area (Å²) in [7, 11) is 6.51. The molecule has 0 aromatic heterocycles. The molecule has 0 spiro atoms. The Hall–Kier alpha value is -0.120. The topological polar surface area (TPSA) is 9.72 Å². The van der Waals surface area contributed by atoms with Crippen LogP contribution in [-0.4, -0.2) is 74.6 Å². The van der Waals surface area contributed by atoms with Gasteiger partial charge in [-0.25, -0.2) is 0 Å². The predicted octanol–water partition coefficient (Wildman–Crippen LogP) is 0.574. The van der Waals surface area contributed by atoms with Crippen molar-refractivity contribution in [2.24, 2.45) is 0 Å². The van der Waals surface area contributed by atoms with E-state index in [1.165, 1.54) is 39.1 Å². The summed E-state index contributed by atoms with van der Waals surface area (Å²) in [6.07, 6.45) is 1.29. The highest BCUT2D eigenvalue weighted by atomic mass is 15.3. The van der Waals surface area contributed by atoms with Gasteiger partial charge in [0.2, 0.25) is 0 Å². The molecule has 3 heteroatoms. The fourth-order valence-electron chi connectivity index (χ4n) is 1.89. The predicted molar refractivity (Wildman–Crippen MR) is 61.7 cm³/mol. The second kappa shape index (κ2) is 5.69. The number of piperazine rings is 1. The smallest absolute Gasteiger partial charge is 0.0113 e. The SMILES string of the molecule is CC(CCN(C)C)N1CCN(C)CC1. The van der Waals surface area contributed by atoms with Gasteiger partial charge in [-0.3, -0.25) is 4.90 Å². The van der Waals surface area contributed by atoms with Crippen molar-refractivity contribution < 1.29 is 0 Å². The van der Waals surface area contributed by atoms with E-state index >= 15 is 0 Å². The molecule has 84 valence electrons. The van der Waals surface area contributed by atoms with Crippen LogP contribution in [0.5, 0.6) is 0 Å². The lowest BCUT2D eigenvalue weighted by molar-refractivity contribution is 0.110.